The van der Waals surface area contributed by atoms with Gasteiger partial charge in [0.25, 0.3) is 0 Å². The number of hydrogen-bond acceptors (Lipinski definition) is 3. The zero-order valence-corrected chi connectivity index (χ0v) is 10.5. The Hall–Kier alpha value is -1.10. The first-order valence-electron chi connectivity index (χ1n) is 6.95. The lowest BCUT2D eigenvalue weighted by Crippen LogP contribution is -2.51. The number of likely N-dealkylation sites (tertiary alicyclic amines) is 1. The normalized spacial score (nSPS) is 42.5. The zero-order valence-electron chi connectivity index (χ0n) is 10.5. The number of hydrogen-bond donors (Lipinski definition) is 2. The van der Waals surface area contributed by atoms with E-state index in [2.05, 4.69) is 0 Å². The number of carbonyl (C=O) groups is 2. The molecule has 4 N–H and O–H groups in total. The minimum Gasteiger partial charge on any atom is -0.368 e. The highest BCUT2D eigenvalue weighted by Gasteiger charge is 2.51. The third-order valence-electron chi connectivity index (χ3n) is 5.13. The first kappa shape index (κ1) is 12.0. The number of rotatable bonds is 2. The second kappa shape index (κ2) is 4.23. The van der Waals surface area contributed by atoms with Crippen molar-refractivity contribution in [3.8, 4) is 0 Å². The summed E-state index contributed by atoms with van der Waals surface area (Å²) in [7, 11) is 0. The monoisotopic (exact) mass is 251 g/mol. The van der Waals surface area contributed by atoms with Crippen LogP contribution in [0.4, 0.5) is 0 Å². The molecule has 5 atom stereocenters. The quantitative estimate of drug-likeness (QED) is 0.714. The molecule has 3 rings (SSSR count). The molecule has 3 aliphatic rings. The van der Waals surface area contributed by atoms with E-state index in [-0.39, 0.29) is 23.8 Å². The van der Waals surface area contributed by atoms with E-state index in [9.17, 15) is 9.59 Å². The predicted molar refractivity (Wildman–Crippen MR) is 66.2 cm³/mol. The first-order valence-corrected chi connectivity index (χ1v) is 6.95. The molecule has 2 aliphatic carbocycles. The first-order chi connectivity index (χ1) is 8.59. The van der Waals surface area contributed by atoms with E-state index in [1.54, 1.807) is 4.90 Å². The van der Waals surface area contributed by atoms with E-state index in [0.717, 1.165) is 25.7 Å². The molecule has 2 amide bonds. The Morgan fingerprint density at radius 1 is 1.11 bits per heavy atom. The summed E-state index contributed by atoms with van der Waals surface area (Å²) in [4.78, 5) is 25.7. The smallest absolute Gasteiger partial charge is 0.240 e. The van der Waals surface area contributed by atoms with Gasteiger partial charge in [-0.25, -0.2) is 0 Å². The van der Waals surface area contributed by atoms with Gasteiger partial charge in [-0.1, -0.05) is 0 Å². The van der Waals surface area contributed by atoms with Gasteiger partial charge in [0.2, 0.25) is 11.8 Å². The molecule has 0 spiro atoms. The number of fused-ring (bicyclic) bond motifs is 2. The Morgan fingerprint density at radius 2 is 1.83 bits per heavy atom. The maximum Gasteiger partial charge on any atom is 0.240 e. The van der Waals surface area contributed by atoms with Crippen molar-refractivity contribution in [1.29, 1.82) is 0 Å². The average Bonchev–Trinajstić information content (AvgIpc) is 3.03. The SMILES string of the molecule is NC(=O)C1CCCN1C(=O)C1C2CCC(C2)C1N. The lowest BCUT2D eigenvalue weighted by Gasteiger charge is -2.32. The zero-order chi connectivity index (χ0) is 12.9. The van der Waals surface area contributed by atoms with Crippen molar-refractivity contribution in [2.24, 2.45) is 29.2 Å². The number of carbonyl (C=O) groups excluding carboxylic acids is 2. The summed E-state index contributed by atoms with van der Waals surface area (Å²) in [6.07, 6.45) is 4.94. The summed E-state index contributed by atoms with van der Waals surface area (Å²) in [5.74, 6) is 0.586. The molecule has 0 aromatic heterocycles. The second-order valence-electron chi connectivity index (χ2n) is 6.03. The number of nitrogens with zero attached hydrogens (tertiary/aromatic N) is 1. The van der Waals surface area contributed by atoms with Gasteiger partial charge in [-0.05, 0) is 43.9 Å². The van der Waals surface area contributed by atoms with Crippen LogP contribution in [0.25, 0.3) is 0 Å². The molecule has 5 unspecified atom stereocenters. The van der Waals surface area contributed by atoms with Crippen LogP contribution in [-0.2, 0) is 9.59 Å². The van der Waals surface area contributed by atoms with Crippen LogP contribution in [0.2, 0.25) is 0 Å². The minimum atomic E-state index is -0.399. The van der Waals surface area contributed by atoms with Gasteiger partial charge in [0, 0.05) is 12.6 Å². The van der Waals surface area contributed by atoms with Gasteiger partial charge in [-0.2, -0.15) is 0 Å². The topological polar surface area (TPSA) is 89.4 Å². The summed E-state index contributed by atoms with van der Waals surface area (Å²) in [5.41, 5.74) is 11.6. The van der Waals surface area contributed by atoms with Crippen LogP contribution in [0.3, 0.4) is 0 Å². The lowest BCUT2D eigenvalue weighted by molar-refractivity contribution is -0.142. The Kier molecular flexibility index (Phi) is 2.81. The molecule has 5 nitrogen and oxygen atoms in total. The molecule has 2 saturated carbocycles. The molecule has 1 heterocycles. The molecular formula is C13H21N3O2. The molecule has 1 aliphatic heterocycles. The fraction of sp³-hybridized carbons (Fsp3) is 0.846. The van der Waals surface area contributed by atoms with Crippen LogP contribution in [-0.4, -0.2) is 35.3 Å². The van der Waals surface area contributed by atoms with Crippen molar-refractivity contribution in [3.63, 3.8) is 0 Å². The highest BCUT2D eigenvalue weighted by Crippen LogP contribution is 2.48. The van der Waals surface area contributed by atoms with E-state index < -0.39 is 6.04 Å². The standard InChI is InChI=1S/C13H21N3O2/c14-11-8-4-3-7(6-8)10(11)13(18)16-5-1-2-9(16)12(15)17/h7-11H,1-6,14H2,(H2,15,17). The van der Waals surface area contributed by atoms with Gasteiger partial charge < -0.3 is 16.4 Å². The van der Waals surface area contributed by atoms with Crippen LogP contribution in [0, 0.1) is 17.8 Å². The van der Waals surface area contributed by atoms with Crippen LogP contribution in [0.1, 0.15) is 32.1 Å². The Balaban J connectivity index is 1.76. The maximum absolute atomic E-state index is 12.6. The molecule has 0 radical (unpaired) electrons. The summed E-state index contributed by atoms with van der Waals surface area (Å²) >= 11 is 0. The van der Waals surface area contributed by atoms with E-state index in [4.69, 9.17) is 11.5 Å². The molecule has 18 heavy (non-hydrogen) atoms. The van der Waals surface area contributed by atoms with Gasteiger partial charge in [-0.3, -0.25) is 9.59 Å². The van der Waals surface area contributed by atoms with Crippen molar-refractivity contribution in [2.45, 2.75) is 44.2 Å². The van der Waals surface area contributed by atoms with Crippen molar-refractivity contribution in [3.05, 3.63) is 0 Å². The second-order valence-corrected chi connectivity index (χ2v) is 6.03. The number of amides is 2. The molecule has 0 aromatic rings. The molecule has 0 aromatic carbocycles. The molecule has 2 bridgehead atoms. The Morgan fingerprint density at radius 3 is 2.44 bits per heavy atom. The summed E-state index contributed by atoms with van der Waals surface area (Å²) in [5, 5.41) is 0. The lowest BCUT2D eigenvalue weighted by atomic mass is 9.84. The highest BCUT2D eigenvalue weighted by atomic mass is 16.2. The van der Waals surface area contributed by atoms with Crippen LogP contribution in [0.15, 0.2) is 0 Å². The van der Waals surface area contributed by atoms with E-state index >= 15 is 0 Å². The molecular weight excluding hydrogens is 230 g/mol. The Labute approximate surface area is 107 Å². The highest BCUT2D eigenvalue weighted by molar-refractivity contribution is 5.89. The molecule has 3 fully saturated rings. The van der Waals surface area contributed by atoms with Gasteiger partial charge in [-0.15, -0.1) is 0 Å². The third-order valence-corrected chi connectivity index (χ3v) is 5.13. The van der Waals surface area contributed by atoms with E-state index in [0.29, 0.717) is 24.8 Å². The van der Waals surface area contributed by atoms with Gasteiger partial charge >= 0.3 is 0 Å². The predicted octanol–water partition coefficient (Wildman–Crippen LogP) is -0.164. The van der Waals surface area contributed by atoms with Crippen LogP contribution in [0.5, 0.6) is 0 Å². The largest absolute Gasteiger partial charge is 0.368 e. The van der Waals surface area contributed by atoms with Gasteiger partial charge in [0.05, 0.1) is 5.92 Å². The number of nitrogens with two attached hydrogens (primary N) is 2. The van der Waals surface area contributed by atoms with E-state index in [1.807, 2.05) is 0 Å². The molecule has 1 saturated heterocycles. The van der Waals surface area contributed by atoms with Crippen molar-refractivity contribution < 1.29 is 9.59 Å². The fourth-order valence-electron chi connectivity index (χ4n) is 4.22. The summed E-state index contributed by atoms with van der Waals surface area (Å²) in [6.45, 7) is 0.660. The van der Waals surface area contributed by atoms with Crippen molar-refractivity contribution >= 4 is 11.8 Å². The third kappa shape index (κ3) is 1.64. The molecule has 100 valence electrons. The maximum atomic E-state index is 12.6. The average molecular weight is 251 g/mol. The van der Waals surface area contributed by atoms with Gasteiger partial charge in [0.1, 0.15) is 6.04 Å². The van der Waals surface area contributed by atoms with Crippen molar-refractivity contribution in [1.82, 2.24) is 4.90 Å². The summed E-state index contributed by atoms with van der Waals surface area (Å²) in [6, 6.07) is -0.408. The van der Waals surface area contributed by atoms with Crippen LogP contribution >= 0.6 is 0 Å². The van der Waals surface area contributed by atoms with Crippen molar-refractivity contribution in [2.75, 3.05) is 6.54 Å². The minimum absolute atomic E-state index is 0.00891. The van der Waals surface area contributed by atoms with E-state index in [1.165, 1.54) is 0 Å². The fourth-order valence-corrected chi connectivity index (χ4v) is 4.22. The molecule has 5 heteroatoms. The Bertz CT molecular complexity index is 382. The van der Waals surface area contributed by atoms with Crippen LogP contribution < -0.4 is 11.5 Å². The number of primary amides is 1. The summed E-state index contributed by atoms with van der Waals surface area (Å²) < 4.78 is 0. The van der Waals surface area contributed by atoms with Gasteiger partial charge in [0.15, 0.2) is 0 Å².